The highest BCUT2D eigenvalue weighted by Gasteiger charge is 2.32. The Morgan fingerprint density at radius 3 is 1.06 bits per heavy atom. The lowest BCUT2D eigenvalue weighted by Crippen LogP contribution is -2.16. The van der Waals surface area contributed by atoms with Crippen molar-refractivity contribution in [3.05, 3.63) is 160 Å². The number of nitrogens with zero attached hydrogens (tertiary/aromatic N) is 2. The zero-order valence-electron chi connectivity index (χ0n) is 33.3. The molecule has 324 valence electrons. The highest BCUT2D eigenvalue weighted by Crippen LogP contribution is 2.32. The number of hydrogen-bond acceptors (Lipinski definition) is 9. The fourth-order valence-electron chi connectivity index (χ4n) is 6.40. The number of halogens is 8. The van der Waals surface area contributed by atoms with E-state index in [0.29, 0.717) is 35.8 Å². The summed E-state index contributed by atoms with van der Waals surface area (Å²) in [6.45, 7) is 7.41. The monoisotopic (exact) mass is 1080 g/mol. The Kier molecular flexibility index (Phi) is 14.8. The Labute approximate surface area is 380 Å². The van der Waals surface area contributed by atoms with Crippen LogP contribution in [0.4, 0.5) is 31.1 Å². The number of rotatable bonds is 14. The molecule has 2 aromatic heterocycles. The van der Waals surface area contributed by atoms with Crippen LogP contribution in [0.5, 0.6) is 34.5 Å². The van der Waals surface area contributed by atoms with Crippen LogP contribution in [0.25, 0.3) is 0 Å². The van der Waals surface area contributed by atoms with Crippen molar-refractivity contribution in [2.24, 2.45) is 0 Å². The first kappa shape index (κ1) is 46.2. The van der Waals surface area contributed by atoms with Crippen LogP contribution in [0.3, 0.4) is 0 Å². The summed E-state index contributed by atoms with van der Waals surface area (Å²) in [6, 6.07) is 24.7. The van der Waals surface area contributed by atoms with Crippen molar-refractivity contribution in [3.8, 4) is 34.5 Å². The average Bonchev–Trinajstić information content (AvgIpc) is 3.20. The van der Waals surface area contributed by atoms with Crippen molar-refractivity contribution in [2.75, 3.05) is 0 Å². The summed E-state index contributed by atoms with van der Waals surface area (Å²) >= 11 is 4.38. The number of pyridine rings is 2. The summed E-state index contributed by atoms with van der Waals surface area (Å²) in [4.78, 5) is 22.6. The van der Waals surface area contributed by atoms with Gasteiger partial charge in [-0.1, -0.05) is 24.3 Å². The molecular formula is C45H36F6I2N2O7. The van der Waals surface area contributed by atoms with E-state index in [2.05, 4.69) is 54.7 Å². The zero-order chi connectivity index (χ0) is 44.8. The summed E-state index contributed by atoms with van der Waals surface area (Å²) < 4.78 is 108. The molecule has 62 heavy (non-hydrogen) atoms. The highest BCUT2D eigenvalue weighted by molar-refractivity contribution is 14.1. The van der Waals surface area contributed by atoms with Gasteiger partial charge in [0, 0.05) is 29.7 Å². The van der Waals surface area contributed by atoms with E-state index in [-0.39, 0.29) is 24.7 Å². The Morgan fingerprint density at radius 1 is 0.468 bits per heavy atom. The molecule has 0 aliphatic rings. The number of aryl methyl sites for hydroxylation is 4. The first-order valence-corrected chi connectivity index (χ1v) is 20.8. The summed E-state index contributed by atoms with van der Waals surface area (Å²) in [5.74, 6) is 0.922. The van der Waals surface area contributed by atoms with Gasteiger partial charge < -0.3 is 28.4 Å². The third-order valence-corrected chi connectivity index (χ3v) is 12.2. The maximum atomic E-state index is 13.2. The largest absolute Gasteiger partial charge is 0.573 e. The van der Waals surface area contributed by atoms with Crippen molar-refractivity contribution in [2.45, 2.75) is 66.5 Å². The van der Waals surface area contributed by atoms with Gasteiger partial charge in [0.25, 0.3) is 0 Å². The lowest BCUT2D eigenvalue weighted by Gasteiger charge is -2.18. The van der Waals surface area contributed by atoms with Crippen LogP contribution >= 0.6 is 45.2 Å². The number of aromatic nitrogens is 2. The van der Waals surface area contributed by atoms with Gasteiger partial charge in [-0.25, -0.2) is 4.79 Å². The minimum atomic E-state index is -4.79. The van der Waals surface area contributed by atoms with Crippen LogP contribution in [-0.2, 0) is 35.5 Å². The summed E-state index contributed by atoms with van der Waals surface area (Å²) in [5.41, 5.74) is 8.28. The van der Waals surface area contributed by atoms with Gasteiger partial charge in [0.2, 0.25) is 0 Å². The van der Waals surface area contributed by atoms with Gasteiger partial charge >= 0.3 is 18.9 Å². The highest BCUT2D eigenvalue weighted by atomic mass is 127. The van der Waals surface area contributed by atoms with E-state index in [1.807, 2.05) is 52.0 Å². The molecule has 0 aliphatic heterocycles. The van der Waals surface area contributed by atoms with Crippen LogP contribution in [0.1, 0.15) is 56.2 Å². The van der Waals surface area contributed by atoms with Crippen molar-refractivity contribution >= 4 is 51.3 Å². The predicted octanol–water partition coefficient (Wildman–Crippen LogP) is 13.3. The number of benzene rings is 4. The summed E-state index contributed by atoms with van der Waals surface area (Å²) in [6.07, 6.45) is -9.51. The second-order valence-electron chi connectivity index (χ2n) is 13.8. The molecule has 0 N–H and O–H groups in total. The normalized spacial score (nSPS) is 11.5. The standard InChI is InChI=1S/C45H36F6I2N2O7/c1-25-37(21-29-5-9-31(10-6-29)59-33-13-17-35(18-14-33)61-44(46,47)48)39(41(52)27(3)54-25)23-57-43(56)58-24-40-38(26(2)55-28(4)42(40)53)22-30-7-11-32(12-8-30)60-34-15-19-36(20-16-34)62-45(49,50)51/h5-20H,21-24H2,1-4H3. The Hall–Kier alpha value is -5.31. The van der Waals surface area contributed by atoms with Gasteiger partial charge in [-0.3, -0.25) is 9.97 Å². The molecule has 0 atom stereocenters. The van der Waals surface area contributed by atoms with Crippen LogP contribution < -0.4 is 18.9 Å². The van der Waals surface area contributed by atoms with Crippen molar-refractivity contribution in [1.82, 2.24) is 9.97 Å². The molecule has 0 bridgehead atoms. The molecular weight excluding hydrogens is 1050 g/mol. The molecule has 4 aromatic carbocycles. The maximum absolute atomic E-state index is 13.2. The molecule has 0 saturated heterocycles. The van der Waals surface area contributed by atoms with Gasteiger partial charge in [-0.2, -0.15) is 0 Å². The van der Waals surface area contributed by atoms with Crippen molar-refractivity contribution < 1.29 is 59.6 Å². The van der Waals surface area contributed by atoms with Crippen LogP contribution in [0, 0.1) is 34.8 Å². The van der Waals surface area contributed by atoms with Crippen LogP contribution in [-0.4, -0.2) is 28.8 Å². The van der Waals surface area contributed by atoms with Gasteiger partial charge in [0.15, 0.2) is 0 Å². The van der Waals surface area contributed by atoms with Gasteiger partial charge in [-0.05, 0) is 181 Å². The molecule has 0 fully saturated rings. The molecule has 0 saturated carbocycles. The molecule has 0 amide bonds. The number of carbonyl (C=O) groups is 1. The minimum Gasteiger partial charge on any atom is -0.457 e. The third-order valence-electron chi connectivity index (χ3n) is 9.30. The van der Waals surface area contributed by atoms with E-state index < -0.39 is 18.9 Å². The van der Waals surface area contributed by atoms with Gasteiger partial charge in [0.1, 0.15) is 47.7 Å². The molecule has 6 rings (SSSR count). The maximum Gasteiger partial charge on any atom is 0.573 e. The lowest BCUT2D eigenvalue weighted by molar-refractivity contribution is -0.275. The summed E-state index contributed by atoms with van der Waals surface area (Å²) in [7, 11) is 0. The van der Waals surface area contributed by atoms with Gasteiger partial charge in [0.05, 0.1) is 11.4 Å². The second-order valence-corrected chi connectivity index (χ2v) is 16.0. The first-order valence-electron chi connectivity index (χ1n) is 18.6. The number of ether oxygens (including phenoxy) is 6. The van der Waals surface area contributed by atoms with Crippen molar-refractivity contribution in [1.29, 1.82) is 0 Å². The molecule has 0 aliphatic carbocycles. The van der Waals surface area contributed by atoms with Crippen LogP contribution in [0.2, 0.25) is 0 Å². The summed E-state index contributed by atoms with van der Waals surface area (Å²) in [5, 5.41) is 0. The Balaban J connectivity index is 1.08. The number of hydrogen-bond donors (Lipinski definition) is 0. The lowest BCUT2D eigenvalue weighted by atomic mass is 9.98. The van der Waals surface area contributed by atoms with E-state index in [0.717, 1.165) is 63.3 Å². The molecule has 0 unspecified atom stereocenters. The average molecular weight is 1080 g/mol. The molecule has 0 radical (unpaired) electrons. The fourth-order valence-corrected chi connectivity index (χ4v) is 7.60. The molecule has 17 heteroatoms. The minimum absolute atomic E-state index is 0.0653. The molecule has 6 aromatic rings. The molecule has 0 spiro atoms. The Morgan fingerprint density at radius 2 is 0.758 bits per heavy atom. The predicted molar refractivity (Wildman–Crippen MR) is 233 cm³/mol. The van der Waals surface area contributed by atoms with Crippen molar-refractivity contribution in [3.63, 3.8) is 0 Å². The van der Waals surface area contributed by atoms with E-state index in [1.54, 1.807) is 24.3 Å². The quantitative estimate of drug-likeness (QED) is 0.0600. The fraction of sp³-hybridized carbons (Fsp3) is 0.222. The van der Waals surface area contributed by atoms with Crippen LogP contribution in [0.15, 0.2) is 97.1 Å². The zero-order valence-corrected chi connectivity index (χ0v) is 37.7. The Bertz CT molecular complexity index is 2340. The second kappa shape index (κ2) is 19.8. The van der Waals surface area contributed by atoms with E-state index in [1.165, 1.54) is 48.5 Å². The molecule has 9 nitrogen and oxygen atoms in total. The van der Waals surface area contributed by atoms with E-state index in [4.69, 9.17) is 28.9 Å². The number of carbonyl (C=O) groups excluding carboxylic acids is 1. The topological polar surface area (TPSA) is 98.2 Å². The third kappa shape index (κ3) is 12.9. The first-order chi connectivity index (χ1) is 29.3. The van der Waals surface area contributed by atoms with E-state index >= 15 is 0 Å². The van der Waals surface area contributed by atoms with Gasteiger partial charge in [-0.15, -0.1) is 26.3 Å². The smallest absolute Gasteiger partial charge is 0.457 e. The van der Waals surface area contributed by atoms with E-state index in [9.17, 15) is 31.1 Å². The SMILES string of the molecule is Cc1nc(C)c(Cc2ccc(Oc3ccc(OC(F)(F)F)cc3)cc2)c(COC(=O)OCc2c(I)c(C)nc(C)c2Cc2ccc(Oc3ccc(OC(F)(F)F)cc3)cc2)c1I. The number of alkyl halides is 6. The molecule has 2 heterocycles.